The number of aryl methyl sites for hydroxylation is 1. The predicted molar refractivity (Wildman–Crippen MR) is 119 cm³/mol. The van der Waals surface area contributed by atoms with E-state index in [9.17, 15) is 4.79 Å². The highest BCUT2D eigenvalue weighted by molar-refractivity contribution is 5.92. The van der Waals surface area contributed by atoms with Crippen molar-refractivity contribution < 1.29 is 14.3 Å². The maximum Gasteiger partial charge on any atom is 0.246 e. The number of ether oxygens (including phenoxy) is 2. The molecule has 5 rings (SSSR count). The topological polar surface area (TPSA) is 71.0 Å². The molecule has 0 aliphatic carbocycles. The molecule has 2 aromatic rings. The van der Waals surface area contributed by atoms with Crippen molar-refractivity contribution in [1.82, 2.24) is 14.9 Å². The van der Waals surface area contributed by atoms with Crippen molar-refractivity contribution in [2.75, 3.05) is 55.9 Å². The van der Waals surface area contributed by atoms with Crippen molar-refractivity contribution in [2.45, 2.75) is 19.8 Å². The quantitative estimate of drug-likeness (QED) is 0.703. The van der Waals surface area contributed by atoms with Crippen LogP contribution >= 0.6 is 0 Å². The molecule has 31 heavy (non-hydrogen) atoms. The Morgan fingerprint density at radius 2 is 1.71 bits per heavy atom. The third-order valence-corrected chi connectivity index (χ3v) is 5.95. The Morgan fingerprint density at radius 1 is 0.935 bits per heavy atom. The lowest BCUT2D eigenvalue weighted by atomic mass is 10.2. The average Bonchev–Trinajstić information content (AvgIpc) is 3.49. The lowest BCUT2D eigenvalue weighted by Gasteiger charge is -2.34. The van der Waals surface area contributed by atoms with Gasteiger partial charge in [-0.3, -0.25) is 4.79 Å². The molecule has 1 amide bonds. The highest BCUT2D eigenvalue weighted by Gasteiger charge is 2.23. The Balaban J connectivity index is 1.20. The van der Waals surface area contributed by atoms with E-state index < -0.39 is 0 Å². The number of rotatable bonds is 4. The number of anilines is 2. The lowest BCUT2D eigenvalue weighted by molar-refractivity contribution is -0.126. The van der Waals surface area contributed by atoms with Gasteiger partial charge in [0.05, 0.1) is 0 Å². The van der Waals surface area contributed by atoms with Crippen molar-refractivity contribution in [2.24, 2.45) is 0 Å². The van der Waals surface area contributed by atoms with E-state index in [2.05, 4.69) is 20.9 Å². The summed E-state index contributed by atoms with van der Waals surface area (Å²) in [6.45, 7) is 7.16. The number of amides is 1. The second-order valence-electron chi connectivity index (χ2n) is 8.12. The van der Waals surface area contributed by atoms with Crippen LogP contribution in [0, 0.1) is 6.92 Å². The Morgan fingerprint density at radius 3 is 2.52 bits per heavy atom. The molecular formula is C23H27N5O3. The highest BCUT2D eigenvalue weighted by atomic mass is 16.7. The van der Waals surface area contributed by atoms with Gasteiger partial charge in [0.2, 0.25) is 18.6 Å². The van der Waals surface area contributed by atoms with Crippen molar-refractivity contribution in [3.63, 3.8) is 0 Å². The van der Waals surface area contributed by atoms with Crippen molar-refractivity contribution in [1.29, 1.82) is 0 Å². The third-order valence-electron chi connectivity index (χ3n) is 5.95. The smallest absolute Gasteiger partial charge is 0.246 e. The second kappa shape index (κ2) is 8.45. The highest BCUT2D eigenvalue weighted by Crippen LogP contribution is 2.32. The third kappa shape index (κ3) is 4.28. The van der Waals surface area contributed by atoms with Crippen LogP contribution in [0.15, 0.2) is 30.3 Å². The number of piperazine rings is 1. The van der Waals surface area contributed by atoms with E-state index in [0.29, 0.717) is 13.1 Å². The molecular weight excluding hydrogens is 394 g/mol. The Kier molecular flexibility index (Phi) is 5.36. The maximum atomic E-state index is 12.7. The molecule has 8 heteroatoms. The zero-order valence-electron chi connectivity index (χ0n) is 17.8. The molecule has 1 aromatic heterocycles. The van der Waals surface area contributed by atoms with Gasteiger partial charge < -0.3 is 24.2 Å². The van der Waals surface area contributed by atoms with Crippen LogP contribution in [-0.4, -0.2) is 66.8 Å². The summed E-state index contributed by atoms with van der Waals surface area (Å²) in [5.74, 6) is 3.26. The summed E-state index contributed by atoms with van der Waals surface area (Å²) in [7, 11) is 0. The summed E-state index contributed by atoms with van der Waals surface area (Å²) in [6, 6.07) is 7.73. The first-order valence-electron chi connectivity index (χ1n) is 10.9. The summed E-state index contributed by atoms with van der Waals surface area (Å²) in [5, 5.41) is 0. The fourth-order valence-corrected chi connectivity index (χ4v) is 4.20. The van der Waals surface area contributed by atoms with Gasteiger partial charge in [-0.25, -0.2) is 4.98 Å². The number of carbonyl (C=O) groups is 1. The first-order valence-corrected chi connectivity index (χ1v) is 10.9. The van der Waals surface area contributed by atoms with Crippen LogP contribution < -0.4 is 19.3 Å². The maximum absolute atomic E-state index is 12.7. The van der Waals surface area contributed by atoms with Gasteiger partial charge >= 0.3 is 0 Å². The minimum absolute atomic E-state index is 0.0141. The van der Waals surface area contributed by atoms with E-state index in [1.807, 2.05) is 36.1 Å². The Bertz CT molecular complexity index is 995. The molecule has 0 saturated carbocycles. The standard InChI is InChI=1S/C23H27N5O3/c1-17-14-21(26-8-2-3-9-26)25-23(24-17)28-12-10-27(11-13-28)22(29)7-5-18-4-6-19-20(15-18)31-16-30-19/h4-7,14-15H,2-3,8-13,16H2,1H3/b7-5+. The van der Waals surface area contributed by atoms with Crippen molar-refractivity contribution in [3.05, 3.63) is 41.6 Å². The molecule has 162 valence electrons. The van der Waals surface area contributed by atoms with Gasteiger partial charge in [-0.05, 0) is 43.5 Å². The monoisotopic (exact) mass is 421 g/mol. The zero-order chi connectivity index (χ0) is 21.2. The van der Waals surface area contributed by atoms with Gasteiger partial charge in [0.1, 0.15) is 5.82 Å². The number of aromatic nitrogens is 2. The van der Waals surface area contributed by atoms with Crippen LogP contribution in [0.5, 0.6) is 11.5 Å². The number of nitrogens with zero attached hydrogens (tertiary/aromatic N) is 5. The molecule has 0 N–H and O–H groups in total. The van der Waals surface area contributed by atoms with Crippen LogP contribution in [0.25, 0.3) is 6.08 Å². The van der Waals surface area contributed by atoms with Crippen LogP contribution in [0.3, 0.4) is 0 Å². The molecule has 8 nitrogen and oxygen atoms in total. The van der Waals surface area contributed by atoms with Crippen LogP contribution in [0.2, 0.25) is 0 Å². The SMILES string of the molecule is Cc1cc(N2CCCC2)nc(N2CCN(C(=O)/C=C/c3ccc4c(c3)OCO4)CC2)n1. The molecule has 0 atom stereocenters. The predicted octanol–water partition coefficient (Wildman–Crippen LogP) is 2.48. The summed E-state index contributed by atoms with van der Waals surface area (Å²) in [6.07, 6.45) is 5.89. The van der Waals surface area contributed by atoms with E-state index in [1.54, 1.807) is 6.08 Å². The summed E-state index contributed by atoms with van der Waals surface area (Å²) < 4.78 is 10.7. The van der Waals surface area contributed by atoms with E-state index in [0.717, 1.165) is 60.7 Å². The second-order valence-corrected chi connectivity index (χ2v) is 8.12. The Labute approximate surface area is 182 Å². The summed E-state index contributed by atoms with van der Waals surface area (Å²) in [4.78, 5) is 28.5. The zero-order valence-corrected chi connectivity index (χ0v) is 17.8. The van der Waals surface area contributed by atoms with Gasteiger partial charge in [0.25, 0.3) is 0 Å². The van der Waals surface area contributed by atoms with Crippen LogP contribution in [0.4, 0.5) is 11.8 Å². The largest absolute Gasteiger partial charge is 0.454 e. The van der Waals surface area contributed by atoms with Crippen molar-refractivity contribution >= 4 is 23.7 Å². The van der Waals surface area contributed by atoms with Crippen LogP contribution in [-0.2, 0) is 4.79 Å². The number of carbonyl (C=O) groups excluding carboxylic acids is 1. The van der Waals surface area contributed by atoms with Gasteiger partial charge in [-0.15, -0.1) is 0 Å². The number of hydrogen-bond donors (Lipinski definition) is 0. The number of fused-ring (bicyclic) bond motifs is 1. The molecule has 4 heterocycles. The molecule has 0 spiro atoms. The molecule has 3 aliphatic heterocycles. The first kappa shape index (κ1) is 19.7. The van der Waals surface area contributed by atoms with Crippen molar-refractivity contribution in [3.8, 4) is 11.5 Å². The molecule has 2 saturated heterocycles. The fourth-order valence-electron chi connectivity index (χ4n) is 4.20. The Hall–Kier alpha value is -3.29. The van der Waals surface area contributed by atoms with Gasteiger partial charge in [0, 0.05) is 57.1 Å². The van der Waals surface area contributed by atoms with E-state index >= 15 is 0 Å². The minimum Gasteiger partial charge on any atom is -0.454 e. The fraction of sp³-hybridized carbons (Fsp3) is 0.435. The summed E-state index contributed by atoms with van der Waals surface area (Å²) >= 11 is 0. The summed E-state index contributed by atoms with van der Waals surface area (Å²) in [5.41, 5.74) is 1.90. The first-order chi connectivity index (χ1) is 15.2. The normalized spacial score (nSPS) is 18.3. The number of hydrogen-bond acceptors (Lipinski definition) is 7. The molecule has 0 radical (unpaired) electrons. The van der Waals surface area contributed by atoms with E-state index in [-0.39, 0.29) is 12.7 Å². The van der Waals surface area contributed by atoms with Gasteiger partial charge in [-0.1, -0.05) is 6.07 Å². The average molecular weight is 422 g/mol. The molecule has 3 aliphatic rings. The lowest BCUT2D eigenvalue weighted by Crippen LogP contribution is -2.49. The van der Waals surface area contributed by atoms with E-state index in [4.69, 9.17) is 14.5 Å². The number of benzene rings is 1. The molecule has 2 fully saturated rings. The minimum atomic E-state index is 0.0141. The molecule has 1 aromatic carbocycles. The molecule has 0 unspecified atom stereocenters. The molecule has 0 bridgehead atoms. The van der Waals surface area contributed by atoms with Gasteiger partial charge in [0.15, 0.2) is 11.5 Å². The van der Waals surface area contributed by atoms with Gasteiger partial charge in [-0.2, -0.15) is 4.98 Å². The van der Waals surface area contributed by atoms with E-state index in [1.165, 1.54) is 12.8 Å². The van der Waals surface area contributed by atoms with Crippen LogP contribution in [0.1, 0.15) is 24.1 Å².